The monoisotopic (exact) mass is 245 g/mol. The highest BCUT2D eigenvalue weighted by molar-refractivity contribution is 7.85. The van der Waals surface area contributed by atoms with Crippen molar-refractivity contribution >= 4 is 17.2 Å². The smallest absolute Gasteiger partial charge is 0.144 e. The number of hydrogen-bond donors (Lipinski definition) is 0. The van der Waals surface area contributed by atoms with Gasteiger partial charge in [0.1, 0.15) is 11.0 Å². The minimum Gasteiger partial charge on any atom is -0.234 e. The molecule has 0 aliphatic carbocycles. The fourth-order valence-corrected chi connectivity index (χ4v) is 1.85. The van der Waals surface area contributed by atoms with Crippen molar-refractivity contribution in [2.24, 2.45) is 4.40 Å². The quantitative estimate of drug-likeness (QED) is 0.464. The Morgan fingerprint density at radius 3 is 2.19 bits per heavy atom. The summed E-state index contributed by atoms with van der Waals surface area (Å²) in [6.45, 7) is 8.08. The minimum absolute atomic E-state index is 0.225. The number of nitrogens with zero attached hydrogens (tertiary/aromatic N) is 1. The molecule has 0 fully saturated rings. The van der Waals surface area contributed by atoms with Gasteiger partial charge in [0.15, 0.2) is 0 Å². The lowest BCUT2D eigenvalue weighted by Crippen LogP contribution is -2.19. The van der Waals surface area contributed by atoms with Crippen LogP contribution in [0.25, 0.3) is 0 Å². The molecule has 0 unspecified atom stereocenters. The standard InChI is InChI=1S/C13H27NOS/c1-5-6-7-8-9-10-11-12-14-16(15)13(2,3)4/h12H,5-11H2,1-4H3/b14-12+/t16-/m0/s1. The third kappa shape index (κ3) is 9.08. The van der Waals surface area contributed by atoms with E-state index in [4.69, 9.17) is 0 Å². The lowest BCUT2D eigenvalue weighted by Gasteiger charge is -2.12. The van der Waals surface area contributed by atoms with Crippen LogP contribution in [-0.4, -0.2) is 15.2 Å². The van der Waals surface area contributed by atoms with Gasteiger partial charge in [0.2, 0.25) is 0 Å². The highest BCUT2D eigenvalue weighted by Crippen LogP contribution is 2.12. The summed E-state index contributed by atoms with van der Waals surface area (Å²) in [6.07, 6.45) is 10.6. The second-order valence-electron chi connectivity index (χ2n) is 5.21. The summed E-state index contributed by atoms with van der Waals surface area (Å²) in [5, 5.41) is 0. The average Bonchev–Trinajstić information content (AvgIpc) is 2.20. The van der Waals surface area contributed by atoms with Gasteiger partial charge in [0, 0.05) is 6.21 Å². The molecule has 3 heteroatoms. The molecule has 2 nitrogen and oxygen atoms in total. The zero-order chi connectivity index (χ0) is 12.4. The molecular weight excluding hydrogens is 218 g/mol. The van der Waals surface area contributed by atoms with Gasteiger partial charge in [-0.15, -0.1) is 0 Å². The molecule has 0 saturated carbocycles. The van der Waals surface area contributed by atoms with E-state index in [0.29, 0.717) is 0 Å². The van der Waals surface area contributed by atoms with Crippen LogP contribution in [0.2, 0.25) is 0 Å². The summed E-state index contributed by atoms with van der Waals surface area (Å²) < 4.78 is 15.4. The second kappa shape index (κ2) is 8.91. The van der Waals surface area contributed by atoms with Crippen LogP contribution in [0.15, 0.2) is 4.40 Å². The van der Waals surface area contributed by atoms with Crippen LogP contribution in [0.5, 0.6) is 0 Å². The first-order valence-corrected chi connectivity index (χ1v) is 7.53. The highest BCUT2D eigenvalue weighted by Gasteiger charge is 2.17. The zero-order valence-corrected chi connectivity index (χ0v) is 12.1. The predicted octanol–water partition coefficient (Wildman–Crippen LogP) is 4.27. The molecule has 0 bridgehead atoms. The zero-order valence-electron chi connectivity index (χ0n) is 11.3. The van der Waals surface area contributed by atoms with Crippen molar-refractivity contribution in [2.45, 2.75) is 77.4 Å². The van der Waals surface area contributed by atoms with Crippen LogP contribution in [0, 0.1) is 0 Å². The van der Waals surface area contributed by atoms with E-state index >= 15 is 0 Å². The van der Waals surface area contributed by atoms with Gasteiger partial charge >= 0.3 is 0 Å². The van der Waals surface area contributed by atoms with Crippen LogP contribution >= 0.6 is 0 Å². The molecule has 0 amide bonds. The average molecular weight is 245 g/mol. The Hall–Kier alpha value is -0.180. The molecule has 0 aliphatic heterocycles. The van der Waals surface area contributed by atoms with E-state index < -0.39 is 11.0 Å². The van der Waals surface area contributed by atoms with Crippen LogP contribution < -0.4 is 0 Å². The molecule has 96 valence electrons. The Morgan fingerprint density at radius 2 is 1.62 bits per heavy atom. The molecule has 0 spiro atoms. The summed E-state index contributed by atoms with van der Waals surface area (Å²) in [4.78, 5) is 0. The van der Waals surface area contributed by atoms with E-state index in [9.17, 15) is 4.21 Å². The molecule has 1 atom stereocenters. The molecule has 0 aromatic rings. The lowest BCUT2D eigenvalue weighted by molar-refractivity contribution is 0.616. The fraction of sp³-hybridized carbons (Fsp3) is 0.923. The fourth-order valence-electron chi connectivity index (χ4n) is 1.29. The molecule has 0 rings (SSSR count). The highest BCUT2D eigenvalue weighted by atomic mass is 32.2. The molecule has 0 aromatic carbocycles. The Bertz CT molecular complexity index is 218. The molecule has 0 saturated heterocycles. The van der Waals surface area contributed by atoms with Crippen LogP contribution in [-0.2, 0) is 11.0 Å². The van der Waals surface area contributed by atoms with Gasteiger partial charge in [0.25, 0.3) is 0 Å². The van der Waals surface area contributed by atoms with Gasteiger partial charge in [-0.2, -0.15) is 4.40 Å². The number of unbranched alkanes of at least 4 members (excludes halogenated alkanes) is 6. The Balaban J connectivity index is 3.45. The number of hydrogen-bond acceptors (Lipinski definition) is 1. The molecule has 0 N–H and O–H groups in total. The summed E-state index contributed by atoms with van der Waals surface area (Å²) in [6, 6.07) is 0. The predicted molar refractivity (Wildman–Crippen MR) is 74.4 cm³/mol. The second-order valence-corrected chi connectivity index (χ2v) is 7.14. The maximum absolute atomic E-state index is 11.6. The molecule has 0 aliphatic rings. The van der Waals surface area contributed by atoms with Crippen molar-refractivity contribution in [2.75, 3.05) is 0 Å². The van der Waals surface area contributed by atoms with Crippen LogP contribution in [0.3, 0.4) is 0 Å². The maximum atomic E-state index is 11.6. The van der Waals surface area contributed by atoms with Crippen LogP contribution in [0.1, 0.15) is 72.6 Å². The molecule has 0 heterocycles. The normalized spacial score (nSPS) is 14.5. The molecule has 0 aromatic heterocycles. The number of rotatable bonds is 8. The van der Waals surface area contributed by atoms with Crippen LogP contribution in [0.4, 0.5) is 0 Å². The Morgan fingerprint density at radius 1 is 1.06 bits per heavy atom. The van der Waals surface area contributed by atoms with Gasteiger partial charge in [0.05, 0.1) is 4.75 Å². The van der Waals surface area contributed by atoms with E-state index in [2.05, 4.69) is 11.3 Å². The summed E-state index contributed by atoms with van der Waals surface area (Å²) >= 11 is 0. The summed E-state index contributed by atoms with van der Waals surface area (Å²) in [5.41, 5.74) is 0. The Labute approximate surface area is 104 Å². The first kappa shape index (κ1) is 15.8. The van der Waals surface area contributed by atoms with E-state index in [0.717, 1.165) is 6.42 Å². The third-order valence-corrected chi connectivity index (χ3v) is 3.77. The first-order chi connectivity index (χ1) is 7.48. The van der Waals surface area contributed by atoms with E-state index in [1.807, 2.05) is 27.0 Å². The van der Waals surface area contributed by atoms with Crippen molar-refractivity contribution in [3.8, 4) is 0 Å². The summed E-state index contributed by atoms with van der Waals surface area (Å²) in [5.74, 6) is 0. The van der Waals surface area contributed by atoms with Gasteiger partial charge in [-0.05, 0) is 33.6 Å². The molecule has 0 radical (unpaired) electrons. The van der Waals surface area contributed by atoms with Crippen molar-refractivity contribution in [3.05, 3.63) is 0 Å². The SMILES string of the molecule is CCCCCCCC/C=N/[S@@](=O)C(C)(C)C. The first-order valence-electron chi connectivity index (χ1n) is 6.43. The topological polar surface area (TPSA) is 29.4 Å². The molecular formula is C13H27NOS. The maximum Gasteiger partial charge on any atom is 0.144 e. The Kier molecular flexibility index (Phi) is 8.81. The van der Waals surface area contributed by atoms with Gasteiger partial charge in [-0.3, -0.25) is 0 Å². The minimum atomic E-state index is -1.08. The summed E-state index contributed by atoms with van der Waals surface area (Å²) in [7, 11) is -1.08. The third-order valence-electron chi connectivity index (χ3n) is 2.38. The van der Waals surface area contributed by atoms with E-state index in [1.165, 1.54) is 38.5 Å². The van der Waals surface area contributed by atoms with Crippen molar-refractivity contribution in [1.82, 2.24) is 0 Å². The molecule has 16 heavy (non-hydrogen) atoms. The van der Waals surface area contributed by atoms with Gasteiger partial charge < -0.3 is 0 Å². The van der Waals surface area contributed by atoms with Crippen molar-refractivity contribution in [3.63, 3.8) is 0 Å². The van der Waals surface area contributed by atoms with E-state index in [1.54, 1.807) is 0 Å². The van der Waals surface area contributed by atoms with Crippen molar-refractivity contribution < 1.29 is 4.21 Å². The van der Waals surface area contributed by atoms with Crippen molar-refractivity contribution in [1.29, 1.82) is 0 Å². The largest absolute Gasteiger partial charge is 0.234 e. The van der Waals surface area contributed by atoms with Gasteiger partial charge in [-0.1, -0.05) is 39.0 Å². The van der Waals surface area contributed by atoms with Gasteiger partial charge in [-0.25, -0.2) is 4.21 Å². The van der Waals surface area contributed by atoms with E-state index in [-0.39, 0.29) is 4.75 Å². The lowest BCUT2D eigenvalue weighted by atomic mass is 10.1.